The van der Waals surface area contributed by atoms with Crippen molar-refractivity contribution in [2.24, 2.45) is 0 Å². The molecule has 0 saturated heterocycles. The SMILES string of the molecule is COc1ccc(C(=O)[C@@H](C)OC(=O)[C@H](C)Oc2ccc(C#N)cc2)cc1. The van der Waals surface area contributed by atoms with E-state index in [9.17, 15) is 9.59 Å². The Labute approximate surface area is 151 Å². The number of ether oxygens (including phenoxy) is 3. The summed E-state index contributed by atoms with van der Waals surface area (Å²) in [6, 6.07) is 14.9. The Morgan fingerprint density at radius 2 is 1.50 bits per heavy atom. The summed E-state index contributed by atoms with van der Waals surface area (Å²) in [5, 5.41) is 8.77. The van der Waals surface area contributed by atoms with Gasteiger partial charge in [-0.25, -0.2) is 4.79 Å². The number of methoxy groups -OCH3 is 1. The van der Waals surface area contributed by atoms with Gasteiger partial charge in [-0.3, -0.25) is 4.79 Å². The van der Waals surface area contributed by atoms with Gasteiger partial charge in [-0.15, -0.1) is 0 Å². The molecular weight excluding hydrogens is 334 g/mol. The smallest absolute Gasteiger partial charge is 0.347 e. The molecule has 2 aromatic rings. The molecule has 0 heterocycles. The van der Waals surface area contributed by atoms with Crippen molar-refractivity contribution in [3.8, 4) is 17.6 Å². The minimum absolute atomic E-state index is 0.313. The number of nitriles is 1. The van der Waals surface area contributed by atoms with Gasteiger partial charge in [0.25, 0.3) is 0 Å². The van der Waals surface area contributed by atoms with Crippen molar-refractivity contribution in [1.82, 2.24) is 0 Å². The van der Waals surface area contributed by atoms with E-state index in [0.29, 0.717) is 22.6 Å². The van der Waals surface area contributed by atoms with Gasteiger partial charge in [-0.05, 0) is 62.4 Å². The number of esters is 1. The van der Waals surface area contributed by atoms with Crippen molar-refractivity contribution < 1.29 is 23.8 Å². The van der Waals surface area contributed by atoms with Crippen molar-refractivity contribution in [3.63, 3.8) is 0 Å². The highest BCUT2D eigenvalue weighted by molar-refractivity contribution is 6.00. The maximum atomic E-state index is 12.3. The third kappa shape index (κ3) is 4.84. The van der Waals surface area contributed by atoms with Crippen LogP contribution in [0.3, 0.4) is 0 Å². The summed E-state index contributed by atoms with van der Waals surface area (Å²) in [5.41, 5.74) is 0.915. The van der Waals surface area contributed by atoms with Crippen molar-refractivity contribution in [3.05, 3.63) is 59.7 Å². The van der Waals surface area contributed by atoms with Crippen LogP contribution in [0.25, 0.3) is 0 Å². The fourth-order valence-electron chi connectivity index (χ4n) is 2.17. The average Bonchev–Trinajstić information content (AvgIpc) is 2.67. The normalized spacial score (nSPS) is 12.4. The first kappa shape index (κ1) is 19.0. The lowest BCUT2D eigenvalue weighted by Gasteiger charge is -2.17. The van der Waals surface area contributed by atoms with Crippen molar-refractivity contribution in [2.75, 3.05) is 7.11 Å². The average molecular weight is 353 g/mol. The minimum atomic E-state index is -0.942. The van der Waals surface area contributed by atoms with Gasteiger partial charge in [0.1, 0.15) is 11.5 Å². The number of carbonyl (C=O) groups excluding carboxylic acids is 2. The van der Waals surface area contributed by atoms with E-state index in [1.165, 1.54) is 21.0 Å². The molecule has 0 radical (unpaired) electrons. The van der Waals surface area contributed by atoms with E-state index in [4.69, 9.17) is 19.5 Å². The number of hydrogen-bond donors (Lipinski definition) is 0. The number of carbonyl (C=O) groups is 2. The fraction of sp³-hybridized carbons (Fsp3) is 0.250. The Kier molecular flexibility index (Phi) is 6.34. The van der Waals surface area contributed by atoms with Crippen molar-refractivity contribution in [1.29, 1.82) is 5.26 Å². The molecule has 2 atom stereocenters. The van der Waals surface area contributed by atoms with Crippen LogP contribution in [0.4, 0.5) is 0 Å². The second-order valence-corrected chi connectivity index (χ2v) is 5.57. The molecule has 0 aliphatic rings. The lowest BCUT2D eigenvalue weighted by Crippen LogP contribution is -2.32. The zero-order chi connectivity index (χ0) is 19.1. The molecule has 134 valence electrons. The standard InChI is InChI=1S/C20H19NO5/c1-13(19(22)16-6-10-17(24-3)11-7-16)26-20(23)14(2)25-18-8-4-15(12-21)5-9-18/h4-11,13-14H,1-3H3/t13-,14+/m1/s1. The molecule has 2 rings (SSSR count). The second-order valence-electron chi connectivity index (χ2n) is 5.57. The lowest BCUT2D eigenvalue weighted by atomic mass is 10.1. The van der Waals surface area contributed by atoms with Crippen LogP contribution < -0.4 is 9.47 Å². The molecule has 0 saturated carbocycles. The van der Waals surface area contributed by atoms with E-state index >= 15 is 0 Å². The molecule has 0 unspecified atom stereocenters. The van der Waals surface area contributed by atoms with Crippen molar-refractivity contribution >= 4 is 11.8 Å². The fourth-order valence-corrected chi connectivity index (χ4v) is 2.17. The highest BCUT2D eigenvalue weighted by atomic mass is 16.6. The highest BCUT2D eigenvalue weighted by Gasteiger charge is 2.24. The van der Waals surface area contributed by atoms with Gasteiger partial charge in [0.05, 0.1) is 18.7 Å². The molecule has 0 fully saturated rings. The van der Waals surface area contributed by atoms with Gasteiger partial charge in [0.15, 0.2) is 12.2 Å². The number of hydrogen-bond acceptors (Lipinski definition) is 6. The summed E-state index contributed by atoms with van der Waals surface area (Å²) in [6.07, 6.45) is -1.84. The zero-order valence-corrected chi connectivity index (χ0v) is 14.8. The van der Waals surface area contributed by atoms with E-state index < -0.39 is 18.2 Å². The van der Waals surface area contributed by atoms with Crippen LogP contribution in [0.2, 0.25) is 0 Å². The number of Topliss-reactive ketones (excluding diaryl/α,β-unsaturated/α-hetero) is 1. The molecular formula is C20H19NO5. The Hall–Kier alpha value is -3.33. The van der Waals surface area contributed by atoms with E-state index in [1.54, 1.807) is 48.5 Å². The molecule has 0 bridgehead atoms. The van der Waals surface area contributed by atoms with E-state index in [-0.39, 0.29) is 5.78 Å². The van der Waals surface area contributed by atoms with Crippen molar-refractivity contribution in [2.45, 2.75) is 26.1 Å². The molecule has 6 nitrogen and oxygen atoms in total. The van der Waals surface area contributed by atoms with Gasteiger partial charge in [-0.2, -0.15) is 5.26 Å². The second kappa shape index (κ2) is 8.67. The van der Waals surface area contributed by atoms with Gasteiger partial charge in [0.2, 0.25) is 5.78 Å². The predicted molar refractivity (Wildman–Crippen MR) is 94.1 cm³/mol. The third-order valence-corrected chi connectivity index (χ3v) is 3.66. The molecule has 0 aromatic heterocycles. The van der Waals surface area contributed by atoms with E-state index in [2.05, 4.69) is 0 Å². The number of nitrogens with zero attached hydrogens (tertiary/aromatic N) is 1. The maximum Gasteiger partial charge on any atom is 0.347 e. The Morgan fingerprint density at radius 3 is 2.04 bits per heavy atom. The first-order valence-corrected chi connectivity index (χ1v) is 8.00. The van der Waals surface area contributed by atoms with E-state index in [1.807, 2.05) is 6.07 Å². The van der Waals surface area contributed by atoms with E-state index in [0.717, 1.165) is 0 Å². The highest BCUT2D eigenvalue weighted by Crippen LogP contribution is 2.16. The summed E-state index contributed by atoms with van der Waals surface area (Å²) in [5.74, 6) is 0.105. The van der Waals surface area contributed by atoms with Gasteiger partial charge in [0, 0.05) is 5.56 Å². The molecule has 0 amide bonds. The summed E-state index contributed by atoms with van der Waals surface area (Å²) in [7, 11) is 1.54. The first-order valence-electron chi connectivity index (χ1n) is 8.00. The third-order valence-electron chi connectivity index (χ3n) is 3.66. The Balaban J connectivity index is 1.93. The van der Waals surface area contributed by atoms with Crippen LogP contribution in [0, 0.1) is 11.3 Å². The summed E-state index contributed by atoms with van der Waals surface area (Å²) in [4.78, 5) is 24.5. The van der Waals surface area contributed by atoms with Gasteiger partial charge < -0.3 is 14.2 Å². The summed E-state index contributed by atoms with van der Waals surface area (Å²) >= 11 is 0. The summed E-state index contributed by atoms with van der Waals surface area (Å²) in [6.45, 7) is 3.05. The number of ketones is 1. The maximum absolute atomic E-state index is 12.3. The number of benzene rings is 2. The molecule has 0 aliphatic heterocycles. The lowest BCUT2D eigenvalue weighted by molar-refractivity contribution is -0.153. The molecule has 0 N–H and O–H groups in total. The van der Waals surface area contributed by atoms with Crippen LogP contribution in [-0.2, 0) is 9.53 Å². The topological polar surface area (TPSA) is 85.6 Å². The molecule has 26 heavy (non-hydrogen) atoms. The molecule has 0 aliphatic carbocycles. The van der Waals surface area contributed by atoms with Crippen LogP contribution in [-0.4, -0.2) is 31.1 Å². The van der Waals surface area contributed by atoms with Gasteiger partial charge >= 0.3 is 5.97 Å². The van der Waals surface area contributed by atoms with Gasteiger partial charge in [-0.1, -0.05) is 0 Å². The van der Waals surface area contributed by atoms with Crippen LogP contribution in [0.1, 0.15) is 29.8 Å². The van der Waals surface area contributed by atoms with Crippen LogP contribution in [0.5, 0.6) is 11.5 Å². The minimum Gasteiger partial charge on any atom is -0.497 e. The largest absolute Gasteiger partial charge is 0.497 e. The predicted octanol–water partition coefficient (Wildman–Crippen LogP) is 3.15. The Bertz CT molecular complexity index is 806. The monoisotopic (exact) mass is 353 g/mol. The molecule has 0 spiro atoms. The molecule has 6 heteroatoms. The zero-order valence-electron chi connectivity index (χ0n) is 14.8. The number of rotatable bonds is 7. The quantitative estimate of drug-likeness (QED) is 0.561. The van der Waals surface area contributed by atoms with Crippen LogP contribution >= 0.6 is 0 Å². The first-order chi connectivity index (χ1) is 12.4. The Morgan fingerprint density at radius 1 is 0.923 bits per heavy atom. The molecule has 2 aromatic carbocycles. The van der Waals surface area contributed by atoms with Crippen LogP contribution in [0.15, 0.2) is 48.5 Å². The summed E-state index contributed by atoms with van der Waals surface area (Å²) < 4.78 is 15.7.